The molecule has 172 valence electrons. The fourth-order valence-electron chi connectivity index (χ4n) is 3.84. The number of aromatic nitrogens is 2. The van der Waals surface area contributed by atoms with Gasteiger partial charge in [-0.3, -0.25) is 4.90 Å². The summed E-state index contributed by atoms with van der Waals surface area (Å²) >= 11 is 2.42. The maximum Gasteiger partial charge on any atom is 0.140 e. The summed E-state index contributed by atoms with van der Waals surface area (Å²) in [6.07, 6.45) is 5.33. The molecule has 1 heterocycles. The number of halogens is 2. The lowest BCUT2D eigenvalue weighted by Gasteiger charge is -2.24. The van der Waals surface area contributed by atoms with E-state index in [1.54, 1.807) is 12.1 Å². The number of imidazole rings is 1. The Morgan fingerprint density at radius 3 is 2.62 bits per heavy atom. The molecule has 0 unspecified atom stereocenters. The molecule has 0 saturated heterocycles. The Labute approximate surface area is 206 Å². The number of nitrogens with zero attached hydrogens (tertiary/aromatic N) is 3. The van der Waals surface area contributed by atoms with Crippen molar-refractivity contribution in [2.75, 3.05) is 6.54 Å². The third kappa shape index (κ3) is 6.88. The lowest BCUT2D eigenvalue weighted by atomic mass is 10.1. The van der Waals surface area contributed by atoms with Gasteiger partial charge >= 0.3 is 0 Å². The highest BCUT2D eigenvalue weighted by Crippen LogP contribution is 2.24. The van der Waals surface area contributed by atoms with E-state index in [1.807, 2.05) is 12.3 Å². The van der Waals surface area contributed by atoms with Crippen molar-refractivity contribution in [3.63, 3.8) is 0 Å². The van der Waals surface area contributed by atoms with Crippen molar-refractivity contribution in [3.05, 3.63) is 74.9 Å². The van der Waals surface area contributed by atoms with Crippen molar-refractivity contribution in [1.82, 2.24) is 14.5 Å². The molecule has 3 aromatic rings. The van der Waals surface area contributed by atoms with E-state index in [-0.39, 0.29) is 5.82 Å². The van der Waals surface area contributed by atoms with Gasteiger partial charge in [-0.1, -0.05) is 51.5 Å². The highest BCUT2D eigenvalue weighted by Gasteiger charge is 2.16. The number of hydrogen-bond acceptors (Lipinski definition) is 2. The Morgan fingerprint density at radius 1 is 1.12 bits per heavy atom. The number of benzene rings is 2. The number of aryl methyl sites for hydroxylation is 1. The zero-order chi connectivity index (χ0) is 23.1. The molecule has 3 rings (SSSR count). The zero-order valence-electron chi connectivity index (χ0n) is 19.7. The molecule has 0 radical (unpaired) electrons. The molecular weight excluding hydrogens is 512 g/mol. The van der Waals surface area contributed by atoms with Crippen LogP contribution in [-0.4, -0.2) is 21.0 Å². The van der Waals surface area contributed by atoms with E-state index < -0.39 is 0 Å². The van der Waals surface area contributed by atoms with Crippen LogP contribution in [0.15, 0.2) is 48.7 Å². The Balaban J connectivity index is 1.88. The van der Waals surface area contributed by atoms with Crippen LogP contribution in [-0.2, 0) is 19.6 Å². The largest absolute Gasteiger partial charge is 0.327 e. The average Bonchev–Trinajstić information content (AvgIpc) is 3.15. The van der Waals surface area contributed by atoms with Crippen molar-refractivity contribution in [3.8, 4) is 11.4 Å². The topological polar surface area (TPSA) is 21.1 Å². The molecule has 0 bridgehead atoms. The van der Waals surface area contributed by atoms with Gasteiger partial charge in [-0.15, -0.1) is 0 Å². The summed E-state index contributed by atoms with van der Waals surface area (Å²) in [6.45, 7) is 12.6. The van der Waals surface area contributed by atoms with Gasteiger partial charge in [0.1, 0.15) is 11.6 Å². The van der Waals surface area contributed by atoms with Gasteiger partial charge in [-0.25, -0.2) is 9.37 Å². The Morgan fingerprint density at radius 2 is 1.94 bits per heavy atom. The van der Waals surface area contributed by atoms with Crippen LogP contribution in [0.25, 0.3) is 11.4 Å². The maximum atomic E-state index is 13.9. The predicted octanol–water partition coefficient (Wildman–Crippen LogP) is 7.45. The first-order valence-corrected chi connectivity index (χ1v) is 12.7. The molecule has 3 nitrogen and oxygen atoms in total. The predicted molar refractivity (Wildman–Crippen MR) is 140 cm³/mol. The van der Waals surface area contributed by atoms with Gasteiger partial charge in [0, 0.05) is 28.8 Å². The third-order valence-corrected chi connectivity index (χ3v) is 6.97. The van der Waals surface area contributed by atoms with Crippen LogP contribution in [0.2, 0.25) is 0 Å². The van der Waals surface area contributed by atoms with Gasteiger partial charge in [0.2, 0.25) is 0 Å². The first kappa shape index (κ1) is 24.9. The molecule has 0 N–H and O–H groups in total. The molecule has 32 heavy (non-hydrogen) atoms. The van der Waals surface area contributed by atoms with Crippen LogP contribution < -0.4 is 0 Å². The molecule has 0 aliphatic rings. The quantitative estimate of drug-likeness (QED) is 0.233. The van der Waals surface area contributed by atoms with Crippen LogP contribution in [0, 0.1) is 22.2 Å². The molecule has 0 fully saturated rings. The fraction of sp³-hybridized carbons (Fsp3) is 0.444. The van der Waals surface area contributed by atoms with E-state index in [0.717, 1.165) is 56.8 Å². The number of unbranched alkanes of at least 4 members (excludes halogenated alkanes) is 1. The van der Waals surface area contributed by atoms with Crippen LogP contribution in [0.1, 0.15) is 56.9 Å². The fourth-order valence-corrected chi connectivity index (χ4v) is 4.42. The van der Waals surface area contributed by atoms with Crippen molar-refractivity contribution >= 4 is 22.6 Å². The summed E-state index contributed by atoms with van der Waals surface area (Å²) in [4.78, 5) is 7.25. The van der Waals surface area contributed by atoms with Crippen molar-refractivity contribution < 1.29 is 4.39 Å². The summed E-state index contributed by atoms with van der Waals surface area (Å²) in [5.74, 6) is 1.30. The molecule has 0 amide bonds. The maximum absolute atomic E-state index is 13.9. The minimum absolute atomic E-state index is 0.221. The number of hydrogen-bond donors (Lipinski definition) is 0. The van der Waals surface area contributed by atoms with E-state index >= 15 is 0 Å². The van der Waals surface area contributed by atoms with Gasteiger partial charge in [0.05, 0.1) is 11.9 Å². The van der Waals surface area contributed by atoms with E-state index in [0.29, 0.717) is 5.92 Å². The molecule has 0 aliphatic carbocycles. The van der Waals surface area contributed by atoms with E-state index in [4.69, 9.17) is 4.98 Å². The highest BCUT2D eigenvalue weighted by molar-refractivity contribution is 14.1. The second-order valence-electron chi connectivity index (χ2n) is 9.07. The Kier molecular flexibility index (Phi) is 9.29. The normalized spacial score (nSPS) is 11.6. The lowest BCUT2D eigenvalue weighted by molar-refractivity contribution is 0.235. The molecule has 0 spiro atoms. The summed E-state index contributed by atoms with van der Waals surface area (Å²) in [5.41, 5.74) is 4.70. The van der Waals surface area contributed by atoms with Crippen LogP contribution in [0.4, 0.5) is 4.39 Å². The lowest BCUT2D eigenvalue weighted by Crippen LogP contribution is -2.26. The van der Waals surface area contributed by atoms with Gasteiger partial charge in [-0.2, -0.15) is 0 Å². The monoisotopic (exact) mass is 547 g/mol. The third-order valence-electron chi connectivity index (χ3n) is 5.81. The molecule has 0 aliphatic heterocycles. The molecule has 5 heteroatoms. The van der Waals surface area contributed by atoms with Crippen molar-refractivity contribution in [2.24, 2.45) is 5.92 Å². The summed E-state index contributed by atoms with van der Waals surface area (Å²) in [5, 5.41) is 0. The minimum Gasteiger partial charge on any atom is -0.327 e. The second-order valence-corrected chi connectivity index (χ2v) is 10.2. The summed E-state index contributed by atoms with van der Waals surface area (Å²) < 4.78 is 17.5. The van der Waals surface area contributed by atoms with Gasteiger partial charge < -0.3 is 4.57 Å². The average molecular weight is 548 g/mol. The van der Waals surface area contributed by atoms with Gasteiger partial charge in [0.25, 0.3) is 0 Å². The van der Waals surface area contributed by atoms with E-state index in [1.165, 1.54) is 26.5 Å². The van der Waals surface area contributed by atoms with Gasteiger partial charge in [0.15, 0.2) is 0 Å². The molecule has 1 aromatic heterocycles. The molecular formula is C27H35FIN3. The van der Waals surface area contributed by atoms with Crippen LogP contribution >= 0.6 is 22.6 Å². The SMILES string of the molecule is CCCCn1c(CN(CCC(C)C)Cc2ccc(C)c(I)c2)cnc1-c1cccc(F)c1. The zero-order valence-corrected chi connectivity index (χ0v) is 21.9. The molecule has 2 aromatic carbocycles. The standard InChI is InChI=1S/C27H35FIN3/c1-5-6-13-32-25(17-30-27(32)23-8-7-9-24(28)16-23)19-31(14-12-20(2)3)18-22-11-10-21(4)26(29)15-22/h7-11,15-17,20H,5-6,12-14,18-19H2,1-4H3. The summed E-state index contributed by atoms with van der Waals surface area (Å²) in [6, 6.07) is 13.5. The van der Waals surface area contributed by atoms with Crippen LogP contribution in [0.5, 0.6) is 0 Å². The van der Waals surface area contributed by atoms with Crippen molar-refractivity contribution in [1.29, 1.82) is 0 Å². The Bertz CT molecular complexity index is 1010. The minimum atomic E-state index is -0.221. The molecule has 0 saturated carbocycles. The number of rotatable bonds is 11. The smallest absolute Gasteiger partial charge is 0.140 e. The van der Waals surface area contributed by atoms with Crippen molar-refractivity contribution in [2.45, 2.75) is 66.6 Å². The first-order valence-electron chi connectivity index (χ1n) is 11.6. The van der Waals surface area contributed by atoms with Gasteiger partial charge in [-0.05, 0) is 84.1 Å². The van der Waals surface area contributed by atoms with E-state index in [9.17, 15) is 4.39 Å². The highest BCUT2D eigenvalue weighted by atomic mass is 127. The van der Waals surface area contributed by atoms with E-state index in [2.05, 4.69) is 78.0 Å². The Hall–Kier alpha value is -1.73. The van der Waals surface area contributed by atoms with Crippen LogP contribution in [0.3, 0.4) is 0 Å². The summed E-state index contributed by atoms with van der Waals surface area (Å²) in [7, 11) is 0. The first-order chi connectivity index (χ1) is 15.4. The second kappa shape index (κ2) is 11.9. The molecule has 0 atom stereocenters.